The molecule has 0 saturated carbocycles. The zero-order valence-electron chi connectivity index (χ0n) is 18.5. The number of benzene rings is 2. The maximum Gasteiger partial charge on any atom is 0.315 e. The van der Waals surface area contributed by atoms with Gasteiger partial charge in [-0.2, -0.15) is 0 Å². The molecule has 2 aliphatic heterocycles. The van der Waals surface area contributed by atoms with Crippen molar-refractivity contribution in [2.75, 3.05) is 18.2 Å². The Labute approximate surface area is 194 Å². The molecule has 3 N–H and O–H groups in total. The third-order valence-electron chi connectivity index (χ3n) is 6.27. The highest BCUT2D eigenvalue weighted by Gasteiger charge is 2.51. The van der Waals surface area contributed by atoms with Crippen molar-refractivity contribution in [2.24, 2.45) is 0 Å². The number of urea groups is 1. The molecular weight excluding hydrogens is 442 g/mol. The topological polar surface area (TPSA) is 114 Å². The summed E-state index contributed by atoms with van der Waals surface area (Å²) in [5.41, 5.74) is 2.83. The highest BCUT2D eigenvalue weighted by molar-refractivity contribution is 7.92. The molecule has 8 nitrogen and oxygen atoms in total. The molecular formula is C24H29N3O5S. The summed E-state index contributed by atoms with van der Waals surface area (Å²) in [7, 11) is -1.62. The molecule has 0 aromatic heterocycles. The molecule has 0 aliphatic carbocycles. The average molecular weight is 472 g/mol. The van der Waals surface area contributed by atoms with E-state index in [0.29, 0.717) is 37.8 Å². The Balaban J connectivity index is 1.28. The quantitative estimate of drug-likeness (QED) is 0.384. The first-order valence-corrected chi connectivity index (χ1v) is 12.9. The normalized spacial score (nSPS) is 22.8. The van der Waals surface area contributed by atoms with Crippen molar-refractivity contribution in [3.8, 4) is 5.75 Å². The summed E-state index contributed by atoms with van der Waals surface area (Å²) >= 11 is 0. The molecule has 0 spiro atoms. The maximum atomic E-state index is 12.5. The van der Waals surface area contributed by atoms with E-state index in [1.54, 1.807) is 7.11 Å². The molecule has 33 heavy (non-hydrogen) atoms. The number of amides is 3. The number of hydrogen-bond acceptors (Lipinski definition) is 5. The smallest absolute Gasteiger partial charge is 0.315 e. The lowest BCUT2D eigenvalue weighted by molar-refractivity contribution is -0.116. The van der Waals surface area contributed by atoms with Gasteiger partial charge in [-0.25, -0.2) is 13.2 Å². The second-order valence-corrected chi connectivity index (χ2v) is 10.9. The van der Waals surface area contributed by atoms with Crippen molar-refractivity contribution < 1.29 is 22.7 Å². The van der Waals surface area contributed by atoms with E-state index in [1.807, 2.05) is 48.5 Å². The van der Waals surface area contributed by atoms with Crippen LogP contribution in [0.15, 0.2) is 48.5 Å². The highest BCUT2D eigenvalue weighted by atomic mass is 32.2. The predicted octanol–water partition coefficient (Wildman–Crippen LogP) is 2.63. The average Bonchev–Trinajstić information content (AvgIpc) is 3.23. The van der Waals surface area contributed by atoms with E-state index in [2.05, 4.69) is 16.0 Å². The number of ether oxygens (including phenoxy) is 1. The van der Waals surface area contributed by atoms with Crippen LogP contribution in [0.2, 0.25) is 0 Å². The molecule has 3 atom stereocenters. The maximum absolute atomic E-state index is 12.5. The van der Waals surface area contributed by atoms with Crippen LogP contribution in [0.25, 0.3) is 0 Å². The van der Waals surface area contributed by atoms with Crippen molar-refractivity contribution in [1.82, 2.24) is 10.6 Å². The first kappa shape index (κ1) is 23.1. The third kappa shape index (κ3) is 5.47. The van der Waals surface area contributed by atoms with E-state index >= 15 is 0 Å². The van der Waals surface area contributed by atoms with Crippen molar-refractivity contribution in [3.05, 3.63) is 59.7 Å². The molecule has 9 heteroatoms. The first-order chi connectivity index (χ1) is 15.9. The fourth-order valence-corrected chi connectivity index (χ4v) is 6.94. The summed E-state index contributed by atoms with van der Waals surface area (Å²) < 4.78 is 30.2. The van der Waals surface area contributed by atoms with Gasteiger partial charge >= 0.3 is 6.03 Å². The van der Waals surface area contributed by atoms with Crippen molar-refractivity contribution in [3.63, 3.8) is 0 Å². The summed E-state index contributed by atoms with van der Waals surface area (Å²) in [6.07, 6.45) is 2.59. The zero-order valence-corrected chi connectivity index (χ0v) is 19.4. The van der Waals surface area contributed by atoms with E-state index in [9.17, 15) is 18.0 Å². The Morgan fingerprint density at radius 3 is 2.67 bits per heavy atom. The molecule has 3 unspecified atom stereocenters. The second-order valence-electron chi connectivity index (χ2n) is 8.60. The minimum Gasteiger partial charge on any atom is -0.496 e. The summed E-state index contributed by atoms with van der Waals surface area (Å²) in [6, 6.07) is 14.6. The standard InChI is InChI=1S/C24H29N3O5S/c1-32-20-12-11-18(14-17(20)13-16-7-3-2-4-8-16)25-22(28)10-6-5-9-21-23-19(15-33(21,30)31)26-24(29)27-23/h2-4,7-8,11-12,14,19,21,23H,5-6,9-10,13,15H2,1H3,(H,25,28)(H2,26,27,29). The number of carbonyl (C=O) groups excluding carboxylic acids is 2. The number of unbranched alkanes of at least 4 members (excludes halogenated alkanes) is 1. The lowest BCUT2D eigenvalue weighted by atomic mass is 10.0. The highest BCUT2D eigenvalue weighted by Crippen LogP contribution is 2.29. The largest absolute Gasteiger partial charge is 0.496 e. The van der Waals surface area contributed by atoms with Crippen LogP contribution in [-0.2, 0) is 21.1 Å². The van der Waals surface area contributed by atoms with Gasteiger partial charge in [0.2, 0.25) is 5.91 Å². The third-order valence-corrected chi connectivity index (χ3v) is 8.54. The van der Waals surface area contributed by atoms with Crippen LogP contribution in [0.1, 0.15) is 36.8 Å². The first-order valence-electron chi connectivity index (χ1n) is 11.1. The van der Waals surface area contributed by atoms with E-state index < -0.39 is 15.1 Å². The van der Waals surface area contributed by atoms with Gasteiger partial charge < -0.3 is 20.7 Å². The molecule has 2 saturated heterocycles. The fourth-order valence-electron chi connectivity index (χ4n) is 4.67. The van der Waals surface area contributed by atoms with Crippen molar-refractivity contribution >= 4 is 27.5 Å². The Morgan fingerprint density at radius 1 is 1.12 bits per heavy atom. The Bertz CT molecular complexity index is 1120. The van der Waals surface area contributed by atoms with Crippen molar-refractivity contribution in [1.29, 1.82) is 0 Å². The summed E-state index contributed by atoms with van der Waals surface area (Å²) in [4.78, 5) is 24.0. The number of methoxy groups -OCH3 is 1. The molecule has 0 bridgehead atoms. The molecule has 3 amide bonds. The van der Waals surface area contributed by atoms with E-state index in [0.717, 1.165) is 16.9 Å². The van der Waals surface area contributed by atoms with Crippen LogP contribution in [0.3, 0.4) is 0 Å². The summed E-state index contributed by atoms with van der Waals surface area (Å²) in [5.74, 6) is 0.625. The van der Waals surface area contributed by atoms with Crippen LogP contribution in [0.5, 0.6) is 5.75 Å². The van der Waals surface area contributed by atoms with Gasteiger partial charge in [-0.3, -0.25) is 4.79 Å². The van der Waals surface area contributed by atoms with Gasteiger partial charge in [0.05, 0.1) is 30.2 Å². The van der Waals surface area contributed by atoms with E-state index in [1.165, 1.54) is 0 Å². The number of nitrogens with one attached hydrogen (secondary N) is 3. The molecule has 2 aromatic carbocycles. The van der Waals surface area contributed by atoms with Gasteiger partial charge in [-0.15, -0.1) is 0 Å². The Hall–Kier alpha value is -3.07. The zero-order chi connectivity index (χ0) is 23.4. The number of hydrogen-bond donors (Lipinski definition) is 3. The summed E-state index contributed by atoms with van der Waals surface area (Å²) in [6.45, 7) is 0. The minimum atomic E-state index is -3.25. The predicted molar refractivity (Wildman–Crippen MR) is 126 cm³/mol. The molecule has 2 aromatic rings. The fraction of sp³-hybridized carbons (Fsp3) is 0.417. The molecule has 2 heterocycles. The van der Waals surface area contributed by atoms with Gasteiger partial charge in [0.15, 0.2) is 9.84 Å². The van der Waals surface area contributed by atoms with Crippen LogP contribution in [0, 0.1) is 0 Å². The summed E-state index contributed by atoms with van der Waals surface area (Å²) in [5, 5.41) is 7.72. The van der Waals surface area contributed by atoms with Gasteiger partial charge in [0, 0.05) is 24.1 Å². The van der Waals surface area contributed by atoms with Gasteiger partial charge in [0.25, 0.3) is 0 Å². The van der Waals surface area contributed by atoms with Gasteiger partial charge in [0.1, 0.15) is 5.75 Å². The number of sulfone groups is 1. The van der Waals surface area contributed by atoms with Gasteiger partial charge in [-0.1, -0.05) is 36.8 Å². The molecule has 2 aliphatic rings. The Morgan fingerprint density at radius 2 is 1.91 bits per heavy atom. The van der Waals surface area contributed by atoms with Crippen molar-refractivity contribution in [2.45, 2.75) is 49.4 Å². The van der Waals surface area contributed by atoms with E-state index in [-0.39, 0.29) is 29.8 Å². The monoisotopic (exact) mass is 471 g/mol. The Kier molecular flexibility index (Phi) is 6.88. The molecule has 2 fully saturated rings. The van der Waals surface area contributed by atoms with Crippen LogP contribution >= 0.6 is 0 Å². The molecule has 4 rings (SSSR count). The molecule has 176 valence electrons. The van der Waals surface area contributed by atoms with Gasteiger partial charge in [-0.05, 0) is 36.6 Å². The second kappa shape index (κ2) is 9.82. The van der Waals surface area contributed by atoms with Crippen LogP contribution in [-0.4, -0.2) is 50.6 Å². The number of anilines is 1. The van der Waals surface area contributed by atoms with Crippen LogP contribution < -0.4 is 20.7 Å². The molecule has 0 radical (unpaired) electrons. The van der Waals surface area contributed by atoms with Crippen LogP contribution in [0.4, 0.5) is 10.5 Å². The number of fused-ring (bicyclic) bond motifs is 1. The lowest BCUT2D eigenvalue weighted by Gasteiger charge is -2.16. The minimum absolute atomic E-state index is 0.0235. The number of carbonyl (C=O) groups is 2. The number of rotatable bonds is 9. The SMILES string of the molecule is COc1ccc(NC(=O)CCCCC2C3NC(=O)NC3CS2(=O)=O)cc1Cc1ccccc1. The lowest BCUT2D eigenvalue weighted by Crippen LogP contribution is -2.39. The van der Waals surface area contributed by atoms with E-state index in [4.69, 9.17) is 4.74 Å².